The number of aromatic nitrogens is 6. The molecule has 4 heterocycles. The van der Waals surface area contributed by atoms with Gasteiger partial charge in [-0.2, -0.15) is 4.98 Å². The second kappa shape index (κ2) is 9.43. The molecule has 5 rings (SSSR count). The van der Waals surface area contributed by atoms with Crippen molar-refractivity contribution in [3.63, 3.8) is 0 Å². The van der Waals surface area contributed by atoms with E-state index < -0.39 is 30.8 Å². The molecule has 11 nitrogen and oxygen atoms in total. The molecule has 0 radical (unpaired) electrons. The minimum Gasteiger partial charge on any atom is -0.481 e. The maximum atomic E-state index is 14.5. The highest BCUT2D eigenvalue weighted by atomic mass is 19.3. The zero-order chi connectivity index (χ0) is 25.4. The number of pyridine rings is 1. The Labute approximate surface area is 205 Å². The second-order valence-electron chi connectivity index (χ2n) is 9.51. The molecule has 1 saturated carbocycles. The molecule has 0 bridgehead atoms. The molecule has 1 saturated heterocycles. The van der Waals surface area contributed by atoms with E-state index in [4.69, 9.17) is 14.6 Å². The highest BCUT2D eigenvalue weighted by Gasteiger charge is 2.41. The van der Waals surface area contributed by atoms with Gasteiger partial charge in [0.05, 0.1) is 42.3 Å². The van der Waals surface area contributed by atoms with Crippen LogP contribution in [0.3, 0.4) is 0 Å². The molecule has 3 aromatic rings. The SMILES string of the molecule is CCc1nc(-c2nnn(C)c2CNc2noc(C3CC3)n2)ccc1N1C[C@H](CC(=O)O)CC(F)(F)C1. The summed E-state index contributed by atoms with van der Waals surface area (Å²) in [6, 6.07) is 3.49. The van der Waals surface area contributed by atoms with Crippen molar-refractivity contribution in [2.75, 3.05) is 23.3 Å². The fourth-order valence-corrected chi connectivity index (χ4v) is 4.69. The highest BCUT2D eigenvalue weighted by molar-refractivity contribution is 5.67. The maximum absolute atomic E-state index is 14.5. The average Bonchev–Trinajstić information content (AvgIpc) is 3.45. The molecule has 1 aliphatic carbocycles. The topological polar surface area (TPSA) is 135 Å². The van der Waals surface area contributed by atoms with E-state index >= 15 is 0 Å². The number of hydrogen-bond donors (Lipinski definition) is 2. The van der Waals surface area contributed by atoms with E-state index in [1.807, 2.05) is 6.92 Å². The van der Waals surface area contributed by atoms with Gasteiger partial charge in [0.25, 0.3) is 11.9 Å². The van der Waals surface area contributed by atoms with E-state index in [1.54, 1.807) is 28.8 Å². The normalized spacial score (nSPS) is 19.4. The number of nitrogens with one attached hydrogen (secondary N) is 1. The van der Waals surface area contributed by atoms with E-state index in [0.717, 1.165) is 18.5 Å². The summed E-state index contributed by atoms with van der Waals surface area (Å²) >= 11 is 0. The van der Waals surface area contributed by atoms with Crippen LogP contribution < -0.4 is 10.2 Å². The zero-order valence-corrected chi connectivity index (χ0v) is 20.1. The van der Waals surface area contributed by atoms with Crippen LogP contribution in [0.2, 0.25) is 0 Å². The molecule has 3 aromatic heterocycles. The minimum absolute atomic E-state index is 0.240. The number of aliphatic carboxylic acids is 1. The Hall–Kier alpha value is -3.64. The van der Waals surface area contributed by atoms with Gasteiger partial charge in [-0.05, 0) is 42.5 Å². The van der Waals surface area contributed by atoms with Gasteiger partial charge in [-0.25, -0.2) is 18.4 Å². The van der Waals surface area contributed by atoms with Crippen molar-refractivity contribution in [2.45, 2.75) is 57.4 Å². The maximum Gasteiger partial charge on any atom is 0.303 e. The van der Waals surface area contributed by atoms with Gasteiger partial charge in [-0.1, -0.05) is 12.1 Å². The lowest BCUT2D eigenvalue weighted by atomic mass is 9.91. The summed E-state index contributed by atoms with van der Waals surface area (Å²) in [5.41, 5.74) is 3.10. The van der Waals surface area contributed by atoms with Crippen LogP contribution in [0.15, 0.2) is 16.7 Å². The molecule has 0 amide bonds. The third-order valence-corrected chi connectivity index (χ3v) is 6.54. The van der Waals surface area contributed by atoms with Crippen LogP contribution in [0.4, 0.5) is 20.4 Å². The Morgan fingerprint density at radius 2 is 2.11 bits per heavy atom. The van der Waals surface area contributed by atoms with Crippen molar-refractivity contribution in [3.8, 4) is 11.4 Å². The molecular formula is C23H28F2N8O3. The van der Waals surface area contributed by atoms with Gasteiger partial charge in [0.2, 0.25) is 5.89 Å². The molecule has 1 atom stereocenters. The average molecular weight is 503 g/mol. The quantitative estimate of drug-likeness (QED) is 0.449. The van der Waals surface area contributed by atoms with Crippen molar-refractivity contribution >= 4 is 17.6 Å². The first kappa shape index (κ1) is 24.1. The number of carbonyl (C=O) groups is 1. The number of hydrogen-bond acceptors (Lipinski definition) is 9. The van der Waals surface area contributed by atoms with E-state index in [1.165, 1.54) is 0 Å². The lowest BCUT2D eigenvalue weighted by Crippen LogP contribution is -2.48. The molecular weight excluding hydrogens is 474 g/mol. The van der Waals surface area contributed by atoms with Crippen molar-refractivity contribution in [3.05, 3.63) is 29.4 Å². The van der Waals surface area contributed by atoms with E-state index in [0.29, 0.717) is 53.5 Å². The van der Waals surface area contributed by atoms with E-state index in [-0.39, 0.29) is 13.0 Å². The predicted molar refractivity (Wildman–Crippen MR) is 125 cm³/mol. The van der Waals surface area contributed by atoms with Gasteiger partial charge >= 0.3 is 5.97 Å². The standard InChI is InChI=1S/C23H28F2N8O3/c1-3-15-17(33-11-13(8-19(34)35)9-23(24,25)12-33)7-6-16(27-15)20-18(32(2)31-29-20)10-26-22-28-21(36-30-22)14-4-5-14/h6-7,13-14H,3-5,8-12H2,1-2H3,(H,26,30)(H,34,35)/t13-/m1/s1. The molecule has 0 aromatic carbocycles. The van der Waals surface area contributed by atoms with Crippen LogP contribution in [-0.2, 0) is 24.8 Å². The van der Waals surface area contributed by atoms with Crippen LogP contribution in [-0.4, -0.2) is 60.2 Å². The zero-order valence-electron chi connectivity index (χ0n) is 20.1. The molecule has 0 spiro atoms. The first-order valence-electron chi connectivity index (χ1n) is 12.0. The summed E-state index contributed by atoms with van der Waals surface area (Å²) < 4.78 is 35.8. The predicted octanol–water partition coefficient (Wildman–Crippen LogP) is 3.25. The van der Waals surface area contributed by atoms with Crippen LogP contribution in [0, 0.1) is 5.92 Å². The summed E-state index contributed by atoms with van der Waals surface area (Å²) in [6.45, 7) is 2.01. The third-order valence-electron chi connectivity index (χ3n) is 6.54. The number of anilines is 2. The lowest BCUT2D eigenvalue weighted by molar-refractivity contribution is -0.139. The monoisotopic (exact) mass is 502 g/mol. The van der Waals surface area contributed by atoms with Crippen LogP contribution in [0.5, 0.6) is 0 Å². The number of halogens is 2. The first-order chi connectivity index (χ1) is 17.2. The van der Waals surface area contributed by atoms with Crippen molar-refractivity contribution in [2.24, 2.45) is 13.0 Å². The highest BCUT2D eigenvalue weighted by Crippen LogP contribution is 2.39. The Balaban J connectivity index is 1.37. The van der Waals surface area contributed by atoms with Gasteiger partial charge in [0.1, 0.15) is 5.69 Å². The molecule has 2 N–H and O–H groups in total. The van der Waals surface area contributed by atoms with E-state index in [9.17, 15) is 13.6 Å². The fraction of sp³-hybridized carbons (Fsp3) is 0.565. The van der Waals surface area contributed by atoms with E-state index in [2.05, 4.69) is 25.8 Å². The molecule has 13 heteroatoms. The first-order valence-corrected chi connectivity index (χ1v) is 12.0. The third kappa shape index (κ3) is 5.14. The van der Waals surface area contributed by atoms with Gasteiger partial charge in [-0.3, -0.25) is 4.79 Å². The Morgan fingerprint density at radius 1 is 1.31 bits per heavy atom. The number of piperidine rings is 1. The number of nitrogens with zero attached hydrogens (tertiary/aromatic N) is 7. The summed E-state index contributed by atoms with van der Waals surface area (Å²) in [4.78, 5) is 21.8. The molecule has 192 valence electrons. The van der Waals surface area contributed by atoms with Gasteiger partial charge in [0.15, 0.2) is 0 Å². The number of alkyl halides is 2. The van der Waals surface area contributed by atoms with Gasteiger partial charge < -0.3 is 19.8 Å². The summed E-state index contributed by atoms with van der Waals surface area (Å²) in [5.74, 6) is -3.30. The molecule has 2 fully saturated rings. The van der Waals surface area contributed by atoms with Crippen LogP contribution >= 0.6 is 0 Å². The number of carboxylic acids is 1. The number of rotatable bonds is 9. The molecule has 0 unspecified atom stereocenters. The molecule has 36 heavy (non-hydrogen) atoms. The Morgan fingerprint density at radius 3 is 2.83 bits per heavy atom. The Bertz CT molecular complexity index is 1260. The molecule has 1 aliphatic heterocycles. The lowest BCUT2D eigenvalue weighted by Gasteiger charge is -2.39. The van der Waals surface area contributed by atoms with Gasteiger partial charge in [0, 0.05) is 25.9 Å². The van der Waals surface area contributed by atoms with Crippen molar-refractivity contribution < 1.29 is 23.2 Å². The summed E-state index contributed by atoms with van der Waals surface area (Å²) in [7, 11) is 1.77. The molecule has 2 aliphatic rings. The second-order valence-corrected chi connectivity index (χ2v) is 9.51. The number of aryl methyl sites for hydroxylation is 2. The summed E-state index contributed by atoms with van der Waals surface area (Å²) in [6.07, 6.45) is 1.91. The Kier molecular flexibility index (Phi) is 6.31. The minimum atomic E-state index is -2.97. The van der Waals surface area contributed by atoms with Crippen molar-refractivity contribution in [1.29, 1.82) is 0 Å². The van der Waals surface area contributed by atoms with Crippen LogP contribution in [0.25, 0.3) is 11.4 Å². The fourth-order valence-electron chi connectivity index (χ4n) is 4.69. The smallest absolute Gasteiger partial charge is 0.303 e. The number of carboxylic acid groups (broad SMARTS) is 1. The van der Waals surface area contributed by atoms with Gasteiger partial charge in [-0.15, -0.1) is 5.10 Å². The summed E-state index contributed by atoms with van der Waals surface area (Å²) in [5, 5.41) is 24.6. The largest absolute Gasteiger partial charge is 0.481 e. The van der Waals surface area contributed by atoms with Crippen molar-refractivity contribution in [1.82, 2.24) is 30.1 Å². The van der Waals surface area contributed by atoms with Crippen LogP contribution in [0.1, 0.15) is 55.8 Å².